The highest BCUT2D eigenvalue weighted by Gasteiger charge is 2.19. The van der Waals surface area contributed by atoms with Crippen molar-refractivity contribution in [3.63, 3.8) is 0 Å². The maximum absolute atomic E-state index is 3.52. The van der Waals surface area contributed by atoms with E-state index in [1.165, 1.54) is 27.8 Å². The number of nitrogens with zero attached hydrogens (tertiary/aromatic N) is 1. The molecule has 0 bridgehead atoms. The number of hydrogen-bond donors (Lipinski definition) is 1. The summed E-state index contributed by atoms with van der Waals surface area (Å²) < 4.78 is 0. The third-order valence-corrected chi connectivity index (χ3v) is 5.69. The van der Waals surface area contributed by atoms with E-state index in [1.807, 2.05) is 11.3 Å². The van der Waals surface area contributed by atoms with Crippen molar-refractivity contribution >= 4 is 23.1 Å². The minimum Gasteiger partial charge on any atom is -0.312 e. The van der Waals surface area contributed by atoms with Crippen LogP contribution in [0.1, 0.15) is 30.5 Å². The van der Waals surface area contributed by atoms with Crippen molar-refractivity contribution in [3.8, 4) is 0 Å². The summed E-state index contributed by atoms with van der Waals surface area (Å²) >= 11 is 4.06. The van der Waals surface area contributed by atoms with Crippen LogP contribution in [0, 0.1) is 5.92 Å². The highest BCUT2D eigenvalue weighted by atomic mass is 32.2. The van der Waals surface area contributed by atoms with Gasteiger partial charge in [0.1, 0.15) is 0 Å². The first-order valence-electron chi connectivity index (χ1n) is 7.25. The van der Waals surface area contributed by atoms with Crippen molar-refractivity contribution in [1.29, 1.82) is 0 Å². The van der Waals surface area contributed by atoms with Gasteiger partial charge in [0.2, 0.25) is 0 Å². The Morgan fingerprint density at radius 3 is 2.89 bits per heavy atom. The predicted octanol–water partition coefficient (Wildman–Crippen LogP) is 3.43. The molecule has 1 N–H and O–H groups in total. The van der Waals surface area contributed by atoms with E-state index in [4.69, 9.17) is 0 Å². The molecule has 1 unspecified atom stereocenters. The fourth-order valence-corrected chi connectivity index (χ4v) is 4.38. The standard InChI is InChI=1S/C15H26N2S2/c1-12(2)8-16-9-14-4-5-15(19-14)10-17-6-7-18-11-13(17)3/h4-5,12-13,16H,6-11H2,1-3H3. The van der Waals surface area contributed by atoms with E-state index in [9.17, 15) is 0 Å². The Morgan fingerprint density at radius 1 is 1.37 bits per heavy atom. The first-order chi connectivity index (χ1) is 9.15. The summed E-state index contributed by atoms with van der Waals surface area (Å²) in [6.07, 6.45) is 0. The third kappa shape index (κ3) is 5.10. The molecule has 0 aliphatic carbocycles. The Balaban J connectivity index is 1.79. The molecule has 1 aliphatic rings. The lowest BCUT2D eigenvalue weighted by atomic mass is 10.2. The van der Waals surface area contributed by atoms with Crippen molar-refractivity contribution in [1.82, 2.24) is 10.2 Å². The molecular formula is C15H26N2S2. The van der Waals surface area contributed by atoms with Crippen molar-refractivity contribution in [3.05, 3.63) is 21.9 Å². The highest BCUT2D eigenvalue weighted by molar-refractivity contribution is 7.99. The van der Waals surface area contributed by atoms with Gasteiger partial charge in [-0.15, -0.1) is 11.3 Å². The van der Waals surface area contributed by atoms with Gasteiger partial charge in [0.25, 0.3) is 0 Å². The Labute approximate surface area is 126 Å². The molecule has 2 rings (SSSR count). The van der Waals surface area contributed by atoms with E-state index in [2.05, 4.69) is 54.9 Å². The number of thioether (sulfide) groups is 1. The molecule has 1 aromatic heterocycles. The topological polar surface area (TPSA) is 15.3 Å². The molecule has 2 nitrogen and oxygen atoms in total. The number of thiophene rings is 1. The van der Waals surface area contributed by atoms with Gasteiger partial charge in [-0.25, -0.2) is 0 Å². The Kier molecular flexibility index (Phi) is 6.20. The summed E-state index contributed by atoms with van der Waals surface area (Å²) in [5.41, 5.74) is 0. The molecule has 1 aromatic rings. The van der Waals surface area contributed by atoms with Gasteiger partial charge in [-0.3, -0.25) is 4.90 Å². The first-order valence-corrected chi connectivity index (χ1v) is 9.22. The minimum absolute atomic E-state index is 0.725. The Hall–Kier alpha value is -0.0300. The summed E-state index contributed by atoms with van der Waals surface area (Å²) in [5.74, 6) is 3.30. The normalized spacial score (nSPS) is 21.2. The third-order valence-electron chi connectivity index (χ3n) is 3.43. The van der Waals surface area contributed by atoms with Gasteiger partial charge < -0.3 is 5.32 Å². The molecule has 1 aliphatic heterocycles. The van der Waals surface area contributed by atoms with E-state index >= 15 is 0 Å². The molecule has 0 amide bonds. The lowest BCUT2D eigenvalue weighted by Crippen LogP contribution is -2.39. The maximum atomic E-state index is 3.52. The highest BCUT2D eigenvalue weighted by Crippen LogP contribution is 2.22. The van der Waals surface area contributed by atoms with E-state index in [-0.39, 0.29) is 0 Å². The predicted molar refractivity (Wildman–Crippen MR) is 88.1 cm³/mol. The summed E-state index contributed by atoms with van der Waals surface area (Å²) in [6, 6.07) is 5.32. The van der Waals surface area contributed by atoms with Crippen LogP contribution in [0.4, 0.5) is 0 Å². The molecule has 0 saturated carbocycles. The molecule has 1 atom stereocenters. The van der Waals surface area contributed by atoms with Crippen molar-refractivity contribution in [2.45, 2.75) is 39.9 Å². The summed E-state index contributed by atoms with van der Waals surface area (Å²) in [4.78, 5) is 5.60. The zero-order valence-corrected chi connectivity index (χ0v) is 13.9. The van der Waals surface area contributed by atoms with Gasteiger partial charge >= 0.3 is 0 Å². The second kappa shape index (κ2) is 7.67. The summed E-state index contributed by atoms with van der Waals surface area (Å²) in [6.45, 7) is 11.4. The van der Waals surface area contributed by atoms with E-state index in [1.54, 1.807) is 0 Å². The van der Waals surface area contributed by atoms with Crippen molar-refractivity contribution < 1.29 is 0 Å². The van der Waals surface area contributed by atoms with E-state index < -0.39 is 0 Å². The molecule has 0 spiro atoms. The van der Waals surface area contributed by atoms with Gasteiger partial charge in [-0.2, -0.15) is 11.8 Å². The van der Waals surface area contributed by atoms with Crippen molar-refractivity contribution in [2.75, 3.05) is 24.6 Å². The molecule has 1 fully saturated rings. The number of nitrogens with one attached hydrogen (secondary N) is 1. The van der Waals surface area contributed by atoms with Crippen molar-refractivity contribution in [2.24, 2.45) is 5.92 Å². The number of hydrogen-bond acceptors (Lipinski definition) is 4. The van der Waals surface area contributed by atoms with Crippen LogP contribution >= 0.6 is 23.1 Å². The smallest absolute Gasteiger partial charge is 0.0331 e. The molecule has 19 heavy (non-hydrogen) atoms. The largest absolute Gasteiger partial charge is 0.312 e. The van der Waals surface area contributed by atoms with Gasteiger partial charge in [0.15, 0.2) is 0 Å². The van der Waals surface area contributed by atoms with Gasteiger partial charge in [-0.1, -0.05) is 13.8 Å². The summed E-state index contributed by atoms with van der Waals surface area (Å²) in [5, 5.41) is 3.52. The fourth-order valence-electron chi connectivity index (χ4n) is 2.28. The van der Waals surface area contributed by atoms with Crippen LogP contribution in [0.5, 0.6) is 0 Å². The van der Waals surface area contributed by atoms with Crippen LogP contribution in [0.15, 0.2) is 12.1 Å². The van der Waals surface area contributed by atoms with E-state index in [0.717, 1.165) is 31.6 Å². The molecule has 108 valence electrons. The molecular weight excluding hydrogens is 272 g/mol. The van der Waals surface area contributed by atoms with Crippen LogP contribution in [0.2, 0.25) is 0 Å². The molecule has 0 aromatic carbocycles. The van der Waals surface area contributed by atoms with Gasteiger partial charge in [0, 0.05) is 46.9 Å². The van der Waals surface area contributed by atoms with Crippen LogP contribution in [0.25, 0.3) is 0 Å². The van der Waals surface area contributed by atoms with Crippen LogP contribution in [0.3, 0.4) is 0 Å². The lowest BCUT2D eigenvalue weighted by molar-refractivity contribution is 0.226. The molecule has 4 heteroatoms. The van der Waals surface area contributed by atoms with Crippen LogP contribution in [-0.2, 0) is 13.1 Å². The minimum atomic E-state index is 0.725. The maximum Gasteiger partial charge on any atom is 0.0331 e. The first kappa shape index (κ1) is 15.4. The van der Waals surface area contributed by atoms with E-state index in [0.29, 0.717) is 0 Å². The average molecular weight is 299 g/mol. The fraction of sp³-hybridized carbons (Fsp3) is 0.733. The zero-order chi connectivity index (χ0) is 13.7. The quantitative estimate of drug-likeness (QED) is 0.866. The SMILES string of the molecule is CC(C)CNCc1ccc(CN2CCSCC2C)s1. The number of rotatable bonds is 6. The molecule has 2 heterocycles. The Bertz CT molecular complexity index is 376. The van der Waals surface area contributed by atoms with Gasteiger partial charge in [0.05, 0.1) is 0 Å². The zero-order valence-electron chi connectivity index (χ0n) is 12.3. The molecule has 1 saturated heterocycles. The van der Waals surface area contributed by atoms with Gasteiger partial charge in [-0.05, 0) is 31.5 Å². The van der Waals surface area contributed by atoms with Crippen LogP contribution < -0.4 is 5.32 Å². The molecule has 0 radical (unpaired) electrons. The summed E-state index contributed by atoms with van der Waals surface area (Å²) in [7, 11) is 0. The monoisotopic (exact) mass is 298 g/mol. The van der Waals surface area contributed by atoms with Crippen LogP contribution in [-0.4, -0.2) is 35.5 Å². The second-order valence-electron chi connectivity index (χ2n) is 5.79. The lowest BCUT2D eigenvalue weighted by Gasteiger charge is -2.32. The second-order valence-corrected chi connectivity index (χ2v) is 8.19. The average Bonchev–Trinajstić information content (AvgIpc) is 2.79. The Morgan fingerprint density at radius 2 is 2.16 bits per heavy atom.